The van der Waals surface area contributed by atoms with Crippen molar-refractivity contribution in [3.8, 4) is 28.1 Å². The number of hydrogen-bond acceptors (Lipinski definition) is 3. The highest BCUT2D eigenvalue weighted by Crippen LogP contribution is 2.43. The Bertz CT molecular complexity index is 2720. The number of para-hydroxylation sites is 1. The fourth-order valence-corrected chi connectivity index (χ4v) is 7.48. The second-order valence-electron chi connectivity index (χ2n) is 12.0. The highest BCUT2D eigenvalue weighted by atomic mass is 15.0. The molecule has 4 heteroatoms. The van der Waals surface area contributed by atoms with Crippen molar-refractivity contribution in [1.29, 1.82) is 0 Å². The normalized spacial score (nSPS) is 12.6. The molecule has 0 atom stereocenters. The van der Waals surface area contributed by atoms with Crippen molar-refractivity contribution in [3.63, 3.8) is 0 Å². The first-order valence-electron chi connectivity index (χ1n) is 15.7. The Morgan fingerprint density at radius 3 is 2.39 bits per heavy atom. The summed E-state index contributed by atoms with van der Waals surface area (Å²) in [6.07, 6.45) is 11.2. The van der Waals surface area contributed by atoms with Crippen LogP contribution >= 0.6 is 0 Å². The Labute approximate surface area is 264 Å². The molecule has 0 aliphatic heterocycles. The zero-order chi connectivity index (χ0) is 30.2. The van der Waals surface area contributed by atoms with Gasteiger partial charge in [-0.15, -0.1) is 0 Å². The van der Waals surface area contributed by atoms with Gasteiger partial charge in [0.25, 0.3) is 0 Å². The second kappa shape index (κ2) is 9.68. The summed E-state index contributed by atoms with van der Waals surface area (Å²) in [7, 11) is 0. The third-order valence-electron chi connectivity index (χ3n) is 9.49. The zero-order valence-electron chi connectivity index (χ0n) is 24.9. The van der Waals surface area contributed by atoms with Crippen LogP contribution in [0.2, 0.25) is 0 Å². The minimum absolute atomic E-state index is 0.919. The second-order valence-corrected chi connectivity index (χ2v) is 12.0. The maximum Gasteiger partial charge on any atom is 0.0964 e. The SMILES string of the molecule is C1=Cc2cccc3cc4c(c(c23)C1)c1ccccc1n4-c1ccc(-c2cnc3c(ccc4cccnc43)c2)cc1-c1ccccn1. The molecule has 0 saturated carbocycles. The number of benzene rings is 5. The van der Waals surface area contributed by atoms with Gasteiger partial charge in [0.1, 0.15) is 0 Å². The molecule has 5 aromatic carbocycles. The summed E-state index contributed by atoms with van der Waals surface area (Å²) in [5.41, 5.74) is 12.2. The Kier molecular flexibility index (Phi) is 5.31. The average Bonchev–Trinajstić information content (AvgIpc) is 3.45. The van der Waals surface area contributed by atoms with Gasteiger partial charge in [0.05, 0.1) is 33.4 Å². The number of hydrogen-bond donors (Lipinski definition) is 0. The molecular formula is C42H26N4. The Morgan fingerprint density at radius 1 is 0.565 bits per heavy atom. The highest BCUT2D eigenvalue weighted by Gasteiger charge is 2.22. The van der Waals surface area contributed by atoms with Crippen molar-refractivity contribution >= 4 is 60.5 Å². The molecule has 4 aromatic heterocycles. The molecule has 0 fully saturated rings. The van der Waals surface area contributed by atoms with E-state index in [0.29, 0.717) is 0 Å². The minimum atomic E-state index is 0.919. The number of allylic oxidation sites excluding steroid dienone is 1. The lowest BCUT2D eigenvalue weighted by Gasteiger charge is -2.17. The van der Waals surface area contributed by atoms with Gasteiger partial charge in [0, 0.05) is 51.3 Å². The Balaban J connectivity index is 1.25. The molecule has 4 heterocycles. The summed E-state index contributed by atoms with van der Waals surface area (Å²) < 4.78 is 2.44. The number of pyridine rings is 3. The quantitative estimate of drug-likeness (QED) is 0.194. The summed E-state index contributed by atoms with van der Waals surface area (Å²) in [6.45, 7) is 0. The predicted molar refractivity (Wildman–Crippen MR) is 190 cm³/mol. The summed E-state index contributed by atoms with van der Waals surface area (Å²) in [6, 6.07) is 41.2. The van der Waals surface area contributed by atoms with Crippen LogP contribution in [0.3, 0.4) is 0 Å². The number of fused-ring (bicyclic) bond motifs is 7. The van der Waals surface area contributed by atoms with E-state index < -0.39 is 0 Å². The van der Waals surface area contributed by atoms with E-state index in [0.717, 1.165) is 56.3 Å². The van der Waals surface area contributed by atoms with Crippen LogP contribution in [-0.4, -0.2) is 19.5 Å². The molecular weight excluding hydrogens is 560 g/mol. The fraction of sp³-hybridized carbons (Fsp3) is 0.0238. The molecule has 9 aromatic rings. The van der Waals surface area contributed by atoms with E-state index in [1.165, 1.54) is 43.7 Å². The van der Waals surface area contributed by atoms with Gasteiger partial charge < -0.3 is 4.57 Å². The predicted octanol–water partition coefficient (Wildman–Crippen LogP) is 10.3. The van der Waals surface area contributed by atoms with Gasteiger partial charge in [0.2, 0.25) is 0 Å². The molecule has 46 heavy (non-hydrogen) atoms. The molecule has 4 nitrogen and oxygen atoms in total. The fourth-order valence-electron chi connectivity index (χ4n) is 7.48. The van der Waals surface area contributed by atoms with Crippen LogP contribution in [0.5, 0.6) is 0 Å². The van der Waals surface area contributed by atoms with Crippen molar-refractivity contribution in [2.24, 2.45) is 0 Å². The number of nitrogens with zero attached hydrogens (tertiary/aromatic N) is 4. The highest BCUT2D eigenvalue weighted by molar-refractivity contribution is 6.18. The van der Waals surface area contributed by atoms with E-state index in [4.69, 9.17) is 9.97 Å². The molecule has 0 N–H and O–H groups in total. The van der Waals surface area contributed by atoms with Gasteiger partial charge >= 0.3 is 0 Å². The van der Waals surface area contributed by atoms with Crippen LogP contribution in [0.15, 0.2) is 140 Å². The summed E-state index contributed by atoms with van der Waals surface area (Å²) in [4.78, 5) is 14.4. The lowest BCUT2D eigenvalue weighted by Crippen LogP contribution is -2.00. The summed E-state index contributed by atoms with van der Waals surface area (Å²) in [5, 5.41) is 7.41. The van der Waals surface area contributed by atoms with Crippen LogP contribution in [0, 0.1) is 0 Å². The van der Waals surface area contributed by atoms with Crippen molar-refractivity contribution < 1.29 is 0 Å². The van der Waals surface area contributed by atoms with Gasteiger partial charge in [-0.1, -0.05) is 78.9 Å². The van der Waals surface area contributed by atoms with E-state index >= 15 is 0 Å². The van der Waals surface area contributed by atoms with E-state index in [2.05, 4.69) is 125 Å². The van der Waals surface area contributed by atoms with E-state index in [1.807, 2.05) is 30.7 Å². The zero-order valence-corrected chi connectivity index (χ0v) is 24.9. The molecule has 0 unspecified atom stereocenters. The first-order valence-corrected chi connectivity index (χ1v) is 15.7. The van der Waals surface area contributed by atoms with Gasteiger partial charge in [-0.2, -0.15) is 0 Å². The Hall–Kier alpha value is -6.13. The van der Waals surface area contributed by atoms with Crippen LogP contribution in [0.1, 0.15) is 11.1 Å². The largest absolute Gasteiger partial charge is 0.309 e. The third-order valence-corrected chi connectivity index (χ3v) is 9.49. The van der Waals surface area contributed by atoms with E-state index in [1.54, 1.807) is 0 Å². The van der Waals surface area contributed by atoms with Crippen LogP contribution < -0.4 is 0 Å². The first kappa shape index (κ1) is 25.2. The number of aromatic nitrogens is 4. The van der Waals surface area contributed by atoms with Crippen molar-refractivity contribution in [2.45, 2.75) is 6.42 Å². The van der Waals surface area contributed by atoms with Crippen molar-refractivity contribution in [3.05, 3.63) is 151 Å². The van der Waals surface area contributed by atoms with Gasteiger partial charge in [-0.25, -0.2) is 0 Å². The number of rotatable bonds is 3. The van der Waals surface area contributed by atoms with Crippen molar-refractivity contribution in [1.82, 2.24) is 19.5 Å². The molecule has 0 bridgehead atoms. The lowest BCUT2D eigenvalue weighted by atomic mass is 9.90. The molecule has 0 spiro atoms. The molecule has 1 aliphatic carbocycles. The van der Waals surface area contributed by atoms with E-state index in [9.17, 15) is 0 Å². The first-order chi connectivity index (χ1) is 22.8. The topological polar surface area (TPSA) is 43.6 Å². The molecule has 0 amide bonds. The summed E-state index contributed by atoms with van der Waals surface area (Å²) in [5.74, 6) is 0. The van der Waals surface area contributed by atoms with Gasteiger partial charge in [-0.3, -0.25) is 15.0 Å². The molecule has 214 valence electrons. The van der Waals surface area contributed by atoms with Gasteiger partial charge in [0.15, 0.2) is 0 Å². The monoisotopic (exact) mass is 586 g/mol. The molecule has 0 radical (unpaired) electrons. The molecule has 1 aliphatic rings. The van der Waals surface area contributed by atoms with Crippen LogP contribution in [-0.2, 0) is 6.42 Å². The smallest absolute Gasteiger partial charge is 0.0964 e. The van der Waals surface area contributed by atoms with E-state index in [-0.39, 0.29) is 0 Å². The lowest BCUT2D eigenvalue weighted by molar-refractivity contribution is 1.17. The van der Waals surface area contributed by atoms with Crippen molar-refractivity contribution in [2.75, 3.05) is 0 Å². The van der Waals surface area contributed by atoms with Crippen LogP contribution in [0.25, 0.3) is 88.5 Å². The average molecular weight is 587 g/mol. The molecule has 10 rings (SSSR count). The molecule has 0 saturated heterocycles. The third kappa shape index (κ3) is 3.64. The minimum Gasteiger partial charge on any atom is -0.309 e. The standard InChI is InChI=1S/C42H26N4/c1-2-15-36-32(12-1)40-33-13-6-9-26-8-5-10-29(39(26)33)24-38(40)46(36)37-19-18-28(23-34(37)35-14-3-4-20-43-35)31-22-30-17-16-27-11-7-21-44-41(27)42(30)45-25-31/h1-12,14-25H,13H2. The maximum absolute atomic E-state index is 4.91. The summed E-state index contributed by atoms with van der Waals surface area (Å²) >= 11 is 0. The van der Waals surface area contributed by atoms with Crippen LogP contribution in [0.4, 0.5) is 0 Å². The Morgan fingerprint density at radius 2 is 1.43 bits per heavy atom. The maximum atomic E-state index is 4.91. The van der Waals surface area contributed by atoms with Gasteiger partial charge in [-0.05, 0) is 82.4 Å².